The summed E-state index contributed by atoms with van der Waals surface area (Å²) in [5.41, 5.74) is -0.227. The van der Waals surface area contributed by atoms with E-state index in [0.717, 1.165) is 25.3 Å². The average molecular weight is 397 g/mol. The number of esters is 1. The van der Waals surface area contributed by atoms with Crippen LogP contribution < -0.4 is 0 Å². The van der Waals surface area contributed by atoms with E-state index in [9.17, 15) is 24.9 Å². The first-order valence-corrected chi connectivity index (χ1v) is 9.46. The Morgan fingerprint density at radius 3 is 2.63 bits per heavy atom. The summed E-state index contributed by atoms with van der Waals surface area (Å²) in [4.78, 5) is 24.9. The maximum absolute atomic E-state index is 12.6. The molecule has 0 saturated heterocycles. The fourth-order valence-electron chi connectivity index (χ4n) is 3.05. The van der Waals surface area contributed by atoms with Crippen molar-refractivity contribution in [3.05, 3.63) is 34.4 Å². The SMILES string of the molecule is C[C@@H]1C/C=C/CCCC[C@H](O)CC(=O)Cc2c(Cl)c(O)cc(O)c2C(=O)O1. The summed E-state index contributed by atoms with van der Waals surface area (Å²) in [6.45, 7) is 1.73. The molecule has 0 radical (unpaired) electrons. The van der Waals surface area contributed by atoms with Crippen LogP contribution >= 0.6 is 11.6 Å². The number of aliphatic hydroxyl groups excluding tert-OH is 1. The number of cyclic esters (lactones) is 1. The molecular formula is C20H25ClO6. The number of carbonyl (C=O) groups is 2. The van der Waals surface area contributed by atoms with Crippen molar-refractivity contribution in [2.45, 2.75) is 64.1 Å². The first kappa shape index (κ1) is 21.3. The van der Waals surface area contributed by atoms with Gasteiger partial charge in [-0.2, -0.15) is 0 Å². The zero-order valence-electron chi connectivity index (χ0n) is 15.3. The van der Waals surface area contributed by atoms with Gasteiger partial charge in [-0.25, -0.2) is 4.79 Å². The summed E-state index contributed by atoms with van der Waals surface area (Å²) in [5.74, 6) is -2.09. The second-order valence-corrected chi connectivity index (χ2v) is 7.24. The molecular weight excluding hydrogens is 372 g/mol. The molecule has 0 aliphatic carbocycles. The summed E-state index contributed by atoms with van der Waals surface area (Å²) < 4.78 is 5.36. The number of ether oxygens (including phenoxy) is 1. The van der Waals surface area contributed by atoms with Gasteiger partial charge in [-0.15, -0.1) is 0 Å². The number of halogens is 1. The topological polar surface area (TPSA) is 104 Å². The number of benzene rings is 1. The highest BCUT2D eigenvalue weighted by molar-refractivity contribution is 6.33. The highest BCUT2D eigenvalue weighted by atomic mass is 35.5. The third-order valence-electron chi connectivity index (χ3n) is 4.46. The Morgan fingerprint density at radius 2 is 1.89 bits per heavy atom. The molecule has 27 heavy (non-hydrogen) atoms. The molecule has 2 atom stereocenters. The van der Waals surface area contributed by atoms with Gasteiger partial charge in [0.1, 0.15) is 28.9 Å². The van der Waals surface area contributed by atoms with Gasteiger partial charge in [-0.3, -0.25) is 4.79 Å². The van der Waals surface area contributed by atoms with Crippen molar-refractivity contribution in [3.63, 3.8) is 0 Å². The predicted molar refractivity (Wildman–Crippen MR) is 101 cm³/mol. The maximum Gasteiger partial charge on any atom is 0.342 e. The summed E-state index contributed by atoms with van der Waals surface area (Å²) >= 11 is 6.09. The Bertz CT molecular complexity index is 728. The standard InChI is InChI=1S/C20H25ClO6/c1-12-7-5-3-2-4-6-8-13(22)9-14(23)10-15-18(20(26)27-12)16(24)11-17(25)19(15)21/h3,5,11-13,22,24-25H,2,4,6-10H2,1H3/b5-3+/t12-,13+/m1/s1. The molecule has 0 unspecified atom stereocenters. The van der Waals surface area contributed by atoms with Gasteiger partial charge in [0, 0.05) is 30.9 Å². The number of hydrogen-bond donors (Lipinski definition) is 3. The maximum atomic E-state index is 12.6. The molecule has 0 bridgehead atoms. The summed E-state index contributed by atoms with van der Waals surface area (Å²) in [6, 6.07) is 0.949. The Morgan fingerprint density at radius 1 is 1.15 bits per heavy atom. The molecule has 1 aliphatic rings. The van der Waals surface area contributed by atoms with Crippen LogP contribution in [-0.2, 0) is 16.0 Å². The van der Waals surface area contributed by atoms with Crippen LogP contribution in [0.4, 0.5) is 0 Å². The van der Waals surface area contributed by atoms with E-state index in [0.29, 0.717) is 12.8 Å². The van der Waals surface area contributed by atoms with Crippen molar-refractivity contribution < 1.29 is 29.6 Å². The van der Waals surface area contributed by atoms with Gasteiger partial charge in [-0.05, 0) is 26.2 Å². The lowest BCUT2D eigenvalue weighted by Crippen LogP contribution is -2.19. The molecule has 3 N–H and O–H groups in total. The van der Waals surface area contributed by atoms with Gasteiger partial charge in [0.2, 0.25) is 0 Å². The predicted octanol–water partition coefficient (Wildman–Crippen LogP) is 3.68. The van der Waals surface area contributed by atoms with Crippen LogP contribution in [0.25, 0.3) is 0 Å². The minimum Gasteiger partial charge on any atom is -0.507 e. The molecule has 1 heterocycles. The van der Waals surface area contributed by atoms with E-state index in [4.69, 9.17) is 16.3 Å². The lowest BCUT2D eigenvalue weighted by atomic mass is 9.96. The highest BCUT2D eigenvalue weighted by Gasteiger charge is 2.26. The van der Waals surface area contributed by atoms with Gasteiger partial charge < -0.3 is 20.1 Å². The Labute approximate surface area is 163 Å². The van der Waals surface area contributed by atoms with Crippen molar-refractivity contribution in [1.29, 1.82) is 0 Å². The van der Waals surface area contributed by atoms with Crippen LogP contribution in [0, 0.1) is 0 Å². The largest absolute Gasteiger partial charge is 0.507 e. The van der Waals surface area contributed by atoms with Gasteiger partial charge in [-0.1, -0.05) is 30.2 Å². The van der Waals surface area contributed by atoms with Crippen molar-refractivity contribution >= 4 is 23.4 Å². The zero-order chi connectivity index (χ0) is 20.0. The average Bonchev–Trinajstić information content (AvgIpc) is 2.57. The molecule has 0 spiro atoms. The van der Waals surface area contributed by atoms with Crippen molar-refractivity contribution in [1.82, 2.24) is 0 Å². The van der Waals surface area contributed by atoms with E-state index < -0.39 is 29.7 Å². The van der Waals surface area contributed by atoms with Gasteiger partial charge >= 0.3 is 5.97 Å². The molecule has 2 rings (SSSR count). The summed E-state index contributed by atoms with van der Waals surface area (Å²) in [6.07, 6.45) is 5.87. The fourth-order valence-corrected chi connectivity index (χ4v) is 3.27. The number of hydrogen-bond acceptors (Lipinski definition) is 6. The Balaban J connectivity index is 2.38. The first-order valence-electron chi connectivity index (χ1n) is 9.08. The normalized spacial score (nSPS) is 24.1. The minimum atomic E-state index is -0.814. The van der Waals surface area contributed by atoms with Crippen LogP contribution in [0.3, 0.4) is 0 Å². The second-order valence-electron chi connectivity index (χ2n) is 6.86. The number of phenols is 2. The number of fused-ring (bicyclic) bond motifs is 1. The summed E-state index contributed by atoms with van der Waals surface area (Å²) in [7, 11) is 0. The number of ketones is 1. The van der Waals surface area contributed by atoms with Crippen LogP contribution in [0.2, 0.25) is 5.02 Å². The number of phenolic OH excluding ortho intramolecular Hbond substituents is 2. The molecule has 0 fully saturated rings. The van der Waals surface area contributed by atoms with E-state index in [-0.39, 0.29) is 34.8 Å². The number of carbonyl (C=O) groups excluding carboxylic acids is 2. The molecule has 1 aromatic rings. The zero-order valence-corrected chi connectivity index (χ0v) is 16.0. The number of aromatic hydroxyl groups is 2. The van der Waals surface area contributed by atoms with E-state index in [1.807, 2.05) is 12.2 Å². The summed E-state index contributed by atoms with van der Waals surface area (Å²) in [5, 5.41) is 29.9. The quantitative estimate of drug-likeness (QED) is 0.456. The number of aliphatic hydroxyl groups is 1. The minimum absolute atomic E-state index is 0.00574. The number of allylic oxidation sites excluding steroid dienone is 1. The number of Topliss-reactive ketones (excluding diaryl/α,β-unsaturated/α-hetero) is 1. The smallest absolute Gasteiger partial charge is 0.342 e. The monoisotopic (exact) mass is 396 g/mol. The van der Waals surface area contributed by atoms with Gasteiger partial charge in [0.15, 0.2) is 0 Å². The second kappa shape index (κ2) is 9.76. The molecule has 1 aliphatic heterocycles. The third kappa shape index (κ3) is 5.97. The lowest BCUT2D eigenvalue weighted by molar-refractivity contribution is -0.120. The van der Waals surface area contributed by atoms with Crippen LogP contribution in [0.5, 0.6) is 11.5 Å². The van der Waals surface area contributed by atoms with Crippen LogP contribution in [-0.4, -0.2) is 39.3 Å². The molecule has 1 aromatic carbocycles. The molecule has 0 saturated carbocycles. The molecule has 148 valence electrons. The van der Waals surface area contributed by atoms with Crippen LogP contribution in [0.15, 0.2) is 18.2 Å². The molecule has 0 amide bonds. The highest BCUT2D eigenvalue weighted by Crippen LogP contribution is 2.37. The van der Waals surface area contributed by atoms with Gasteiger partial charge in [0.05, 0.1) is 11.1 Å². The Kier molecular flexibility index (Phi) is 7.68. The third-order valence-corrected chi connectivity index (χ3v) is 4.89. The van der Waals surface area contributed by atoms with E-state index in [1.54, 1.807) is 6.92 Å². The van der Waals surface area contributed by atoms with Crippen LogP contribution in [0.1, 0.15) is 61.4 Å². The van der Waals surface area contributed by atoms with Gasteiger partial charge in [0.25, 0.3) is 0 Å². The molecule has 7 heteroatoms. The fraction of sp³-hybridized carbons (Fsp3) is 0.500. The molecule has 0 aromatic heterocycles. The van der Waals surface area contributed by atoms with E-state index >= 15 is 0 Å². The van der Waals surface area contributed by atoms with Crippen molar-refractivity contribution in [3.8, 4) is 11.5 Å². The molecule has 6 nitrogen and oxygen atoms in total. The Hall–Kier alpha value is -2.05. The van der Waals surface area contributed by atoms with Crippen molar-refractivity contribution in [2.24, 2.45) is 0 Å². The number of rotatable bonds is 0. The lowest BCUT2D eigenvalue weighted by Gasteiger charge is -2.17. The van der Waals surface area contributed by atoms with E-state index in [1.165, 1.54) is 0 Å². The van der Waals surface area contributed by atoms with E-state index in [2.05, 4.69) is 0 Å². The van der Waals surface area contributed by atoms with Crippen molar-refractivity contribution in [2.75, 3.05) is 0 Å². The first-order chi connectivity index (χ1) is 12.8.